The molecule has 174 valence electrons. The summed E-state index contributed by atoms with van der Waals surface area (Å²) in [5.74, 6) is 0.237. The molecule has 0 atom stereocenters. The molecule has 0 amide bonds. The number of nitrogens with one attached hydrogen (secondary N) is 1. The summed E-state index contributed by atoms with van der Waals surface area (Å²) < 4.78 is 84.0. The molecule has 0 aliphatic carbocycles. The van der Waals surface area contributed by atoms with Gasteiger partial charge in [-0.25, -0.2) is 0 Å². The fourth-order valence-corrected chi connectivity index (χ4v) is 4.12. The maximum atomic E-state index is 13.1. The Morgan fingerprint density at radius 2 is 1.65 bits per heavy atom. The van der Waals surface area contributed by atoms with Gasteiger partial charge in [-0.15, -0.1) is 16.4 Å². The number of aromatic amines is 1. The highest BCUT2D eigenvalue weighted by molar-refractivity contribution is 7.14. The van der Waals surface area contributed by atoms with E-state index in [1.54, 1.807) is 29.6 Å². The van der Waals surface area contributed by atoms with E-state index in [0.717, 1.165) is 0 Å². The number of alkyl halides is 6. The largest absolute Gasteiger partial charge is 0.489 e. The minimum atomic E-state index is -4.94. The van der Waals surface area contributed by atoms with Gasteiger partial charge in [-0.3, -0.25) is 0 Å². The predicted octanol–water partition coefficient (Wildman–Crippen LogP) is 6.69. The number of halogens is 6. The van der Waals surface area contributed by atoms with Gasteiger partial charge < -0.3 is 4.74 Å². The fourth-order valence-electron chi connectivity index (χ4n) is 3.21. The van der Waals surface area contributed by atoms with Crippen LogP contribution in [0.15, 0.2) is 53.9 Å². The summed E-state index contributed by atoms with van der Waals surface area (Å²) in [6.45, 7) is -0.505. The summed E-state index contributed by atoms with van der Waals surface area (Å²) in [6.07, 6.45) is -9.87. The van der Waals surface area contributed by atoms with Gasteiger partial charge in [0.1, 0.15) is 24.1 Å². The van der Waals surface area contributed by atoms with E-state index in [4.69, 9.17) is 4.74 Å². The van der Waals surface area contributed by atoms with Crippen molar-refractivity contribution in [3.05, 3.63) is 76.3 Å². The smallest absolute Gasteiger partial charge is 0.416 e. The van der Waals surface area contributed by atoms with Gasteiger partial charge in [-0.1, -0.05) is 12.1 Å². The van der Waals surface area contributed by atoms with Crippen LogP contribution in [-0.4, -0.2) is 15.4 Å². The van der Waals surface area contributed by atoms with E-state index < -0.39 is 30.1 Å². The van der Waals surface area contributed by atoms with Crippen LogP contribution in [0.2, 0.25) is 0 Å². The number of rotatable bonds is 5. The first kappa shape index (κ1) is 23.3. The second-order valence-corrected chi connectivity index (χ2v) is 7.94. The first-order valence-electron chi connectivity index (χ1n) is 9.46. The van der Waals surface area contributed by atoms with Gasteiger partial charge in [0.25, 0.3) is 0 Å². The molecular weight excluding hydrogens is 482 g/mol. The van der Waals surface area contributed by atoms with Crippen molar-refractivity contribution in [2.45, 2.75) is 19.0 Å². The van der Waals surface area contributed by atoms with E-state index in [1.807, 2.05) is 6.07 Å². The third kappa shape index (κ3) is 4.89. The summed E-state index contributed by atoms with van der Waals surface area (Å²) in [6, 6.07) is 11.6. The molecule has 0 unspecified atom stereocenters. The van der Waals surface area contributed by atoms with Crippen molar-refractivity contribution >= 4 is 11.3 Å². The number of thiophene rings is 1. The molecule has 4 rings (SSSR count). The molecule has 0 saturated heterocycles. The van der Waals surface area contributed by atoms with E-state index in [-0.39, 0.29) is 23.1 Å². The summed E-state index contributed by atoms with van der Waals surface area (Å²) in [5.41, 5.74) is -1.24. The SMILES string of the molecule is N#Cc1n[nH]nc1-c1sccc1-c1cccc(OCc2cc(C(F)(F)F)cc(C(F)(F)F)c2)c1. The third-order valence-corrected chi connectivity index (χ3v) is 5.65. The van der Waals surface area contributed by atoms with Crippen molar-refractivity contribution < 1.29 is 31.1 Å². The summed E-state index contributed by atoms with van der Waals surface area (Å²) in [5, 5.41) is 21.2. The highest BCUT2D eigenvalue weighted by Gasteiger charge is 2.36. The number of aromatic nitrogens is 3. The summed E-state index contributed by atoms with van der Waals surface area (Å²) in [7, 11) is 0. The van der Waals surface area contributed by atoms with E-state index in [0.29, 0.717) is 33.8 Å². The van der Waals surface area contributed by atoms with Crippen molar-refractivity contribution in [2.24, 2.45) is 0 Å². The molecule has 12 heteroatoms. The quantitative estimate of drug-likeness (QED) is 0.314. The Labute approximate surface area is 192 Å². The number of nitrogens with zero attached hydrogens (tertiary/aromatic N) is 3. The topological polar surface area (TPSA) is 74.6 Å². The zero-order valence-corrected chi connectivity index (χ0v) is 17.6. The molecule has 0 fully saturated rings. The molecule has 0 bridgehead atoms. The Balaban J connectivity index is 1.61. The van der Waals surface area contributed by atoms with Crippen LogP contribution >= 0.6 is 11.3 Å². The maximum absolute atomic E-state index is 13.1. The van der Waals surface area contributed by atoms with Crippen molar-refractivity contribution in [3.63, 3.8) is 0 Å². The molecule has 2 aromatic heterocycles. The highest BCUT2D eigenvalue weighted by Crippen LogP contribution is 2.39. The molecule has 0 radical (unpaired) electrons. The Morgan fingerprint density at radius 1 is 0.941 bits per heavy atom. The van der Waals surface area contributed by atoms with Crippen LogP contribution in [0, 0.1) is 11.3 Å². The first-order valence-corrected chi connectivity index (χ1v) is 10.3. The Morgan fingerprint density at radius 3 is 2.29 bits per heavy atom. The average Bonchev–Trinajstić information content (AvgIpc) is 3.45. The van der Waals surface area contributed by atoms with Crippen LogP contribution in [0.25, 0.3) is 21.7 Å². The minimum absolute atomic E-state index is 0.0711. The van der Waals surface area contributed by atoms with Crippen LogP contribution in [-0.2, 0) is 19.0 Å². The first-order chi connectivity index (χ1) is 16.1. The van der Waals surface area contributed by atoms with Crippen molar-refractivity contribution in [1.82, 2.24) is 15.4 Å². The van der Waals surface area contributed by atoms with Gasteiger partial charge in [0.2, 0.25) is 0 Å². The van der Waals surface area contributed by atoms with Gasteiger partial charge in [-0.05, 0) is 52.9 Å². The maximum Gasteiger partial charge on any atom is 0.416 e. The van der Waals surface area contributed by atoms with Crippen LogP contribution in [0.4, 0.5) is 26.3 Å². The molecule has 5 nitrogen and oxygen atoms in total. The standard InChI is InChI=1S/C22H12F6N4OS/c23-21(24,25)14-6-12(7-15(9-14)22(26,27)28)11-33-16-3-1-2-13(8-16)17-4-5-34-20(17)19-18(10-29)30-32-31-19/h1-9H,11H2,(H,30,31,32). The average molecular weight is 494 g/mol. The van der Waals surface area contributed by atoms with Gasteiger partial charge in [0.15, 0.2) is 5.69 Å². The second kappa shape index (κ2) is 8.83. The van der Waals surface area contributed by atoms with Crippen molar-refractivity contribution in [2.75, 3.05) is 0 Å². The van der Waals surface area contributed by atoms with Crippen molar-refractivity contribution in [1.29, 1.82) is 5.26 Å². The van der Waals surface area contributed by atoms with E-state index in [1.165, 1.54) is 17.4 Å². The van der Waals surface area contributed by atoms with Crippen LogP contribution in [0.3, 0.4) is 0 Å². The highest BCUT2D eigenvalue weighted by atomic mass is 32.1. The Kier molecular flexibility index (Phi) is 6.05. The molecule has 0 saturated carbocycles. The monoisotopic (exact) mass is 494 g/mol. The lowest BCUT2D eigenvalue weighted by molar-refractivity contribution is -0.143. The zero-order chi connectivity index (χ0) is 24.5. The van der Waals surface area contributed by atoms with Crippen LogP contribution in [0.1, 0.15) is 22.4 Å². The minimum Gasteiger partial charge on any atom is -0.489 e. The predicted molar refractivity (Wildman–Crippen MR) is 111 cm³/mol. The molecular formula is C22H12F6N4OS. The lowest BCUT2D eigenvalue weighted by atomic mass is 10.0. The summed E-state index contributed by atoms with van der Waals surface area (Å²) in [4.78, 5) is 0.662. The molecule has 0 spiro atoms. The normalized spacial score (nSPS) is 11.9. The van der Waals surface area contributed by atoms with Gasteiger partial charge in [0.05, 0.1) is 16.0 Å². The lowest BCUT2D eigenvalue weighted by Gasteiger charge is -2.15. The molecule has 4 aromatic rings. The zero-order valence-electron chi connectivity index (χ0n) is 16.8. The van der Waals surface area contributed by atoms with Crippen LogP contribution < -0.4 is 4.74 Å². The molecule has 34 heavy (non-hydrogen) atoms. The third-order valence-electron chi connectivity index (χ3n) is 4.73. The number of hydrogen-bond donors (Lipinski definition) is 1. The van der Waals surface area contributed by atoms with E-state index >= 15 is 0 Å². The fraction of sp³-hybridized carbons (Fsp3) is 0.136. The molecule has 1 N–H and O–H groups in total. The van der Waals surface area contributed by atoms with Crippen molar-refractivity contribution in [3.8, 4) is 33.5 Å². The number of ether oxygens (including phenoxy) is 1. The Bertz CT molecular complexity index is 1330. The molecule has 0 aliphatic heterocycles. The van der Waals surface area contributed by atoms with Gasteiger partial charge in [-0.2, -0.15) is 41.9 Å². The van der Waals surface area contributed by atoms with Gasteiger partial charge >= 0.3 is 12.4 Å². The van der Waals surface area contributed by atoms with Crippen LogP contribution in [0.5, 0.6) is 5.75 Å². The lowest BCUT2D eigenvalue weighted by Crippen LogP contribution is -2.12. The molecule has 2 heterocycles. The molecule has 2 aromatic carbocycles. The number of H-pyrrole nitrogens is 1. The summed E-state index contributed by atoms with van der Waals surface area (Å²) >= 11 is 1.33. The van der Waals surface area contributed by atoms with E-state index in [9.17, 15) is 31.6 Å². The number of hydrogen-bond acceptors (Lipinski definition) is 5. The van der Waals surface area contributed by atoms with Gasteiger partial charge in [0, 0.05) is 5.56 Å². The number of benzene rings is 2. The Hall–Kier alpha value is -3.85. The number of nitriles is 1. The van der Waals surface area contributed by atoms with E-state index in [2.05, 4.69) is 15.4 Å². The molecule has 0 aliphatic rings. The second-order valence-electron chi connectivity index (χ2n) is 7.03.